The number of halogens is 1. The van der Waals surface area contributed by atoms with E-state index in [9.17, 15) is 40.6 Å². The molecule has 6 aromatic carbocycles. The van der Waals surface area contributed by atoms with Crippen LogP contribution in [0.5, 0.6) is 0 Å². The third kappa shape index (κ3) is 17.0. The molecule has 6 rings (SSSR count). The number of aliphatic hydroxyl groups is 3. The van der Waals surface area contributed by atoms with E-state index < -0.39 is 63.6 Å². The Bertz CT molecular complexity index is 3010. The maximum Gasteiger partial charge on any atom is 0.187 e. The van der Waals surface area contributed by atoms with Gasteiger partial charge in [0.2, 0.25) is 0 Å². The predicted molar refractivity (Wildman–Crippen MR) is 289 cm³/mol. The quantitative estimate of drug-likeness (QED) is 0.0462. The van der Waals surface area contributed by atoms with Crippen molar-refractivity contribution < 1.29 is 40.6 Å². The SMILES string of the molecule is C#CCCCC(O)C(c1ccc(C#N)cc1)S(=O)(=O)c1ccccc1.C#CCCCC(O)C(c1ccc(C)cc1)S(=O)(=O)c1ccccc1.C#CCCCC(O)C(c1ccc(Cl)cc1)S(=O)(=O)c1ccccc1. The number of hydrogen-bond acceptors (Lipinski definition) is 10. The van der Waals surface area contributed by atoms with Gasteiger partial charge in [-0.05, 0) is 123 Å². The number of terminal acetylenes is 3. The van der Waals surface area contributed by atoms with Crippen molar-refractivity contribution in [1.82, 2.24) is 0 Å². The Labute approximate surface area is 437 Å². The summed E-state index contributed by atoms with van der Waals surface area (Å²) in [7, 11) is -11.2. The number of aryl methyl sites for hydroxylation is 1. The smallest absolute Gasteiger partial charge is 0.187 e. The molecule has 14 heteroatoms. The van der Waals surface area contributed by atoms with Gasteiger partial charge in [-0.25, -0.2) is 25.3 Å². The molecule has 0 saturated carbocycles. The highest BCUT2D eigenvalue weighted by Gasteiger charge is 2.37. The van der Waals surface area contributed by atoms with Crippen molar-refractivity contribution in [3.8, 4) is 43.1 Å². The molecule has 3 N–H and O–H groups in total. The molecule has 6 atom stereocenters. The molecule has 0 heterocycles. The molecule has 0 aromatic heterocycles. The maximum atomic E-state index is 13.1. The molecule has 0 fully saturated rings. The van der Waals surface area contributed by atoms with E-state index in [-0.39, 0.29) is 21.1 Å². The van der Waals surface area contributed by atoms with Gasteiger partial charge >= 0.3 is 0 Å². The molecule has 0 amide bonds. The summed E-state index contributed by atoms with van der Waals surface area (Å²) in [5, 5.41) is 38.0. The number of nitriles is 1. The van der Waals surface area contributed by atoms with Gasteiger partial charge in [0.05, 0.1) is 44.6 Å². The molecule has 6 aromatic rings. The number of sulfone groups is 3. The lowest BCUT2D eigenvalue weighted by molar-refractivity contribution is 0.155. The van der Waals surface area contributed by atoms with Gasteiger partial charge in [-0.1, -0.05) is 120 Å². The van der Waals surface area contributed by atoms with E-state index in [1.54, 1.807) is 127 Å². The van der Waals surface area contributed by atoms with Crippen molar-refractivity contribution in [1.29, 1.82) is 5.26 Å². The third-order valence-electron chi connectivity index (χ3n) is 11.7. The second-order valence-electron chi connectivity index (χ2n) is 17.0. The number of benzene rings is 6. The Hall–Kier alpha value is -6.49. The van der Waals surface area contributed by atoms with Crippen molar-refractivity contribution in [2.45, 2.75) is 113 Å². The van der Waals surface area contributed by atoms with Gasteiger partial charge in [-0.2, -0.15) is 5.26 Å². The molecular formula is C59H60ClNO9S3. The average Bonchev–Trinajstić information content (AvgIpc) is 3.39. The fourth-order valence-corrected chi connectivity index (χ4v) is 13.8. The molecule has 0 spiro atoms. The molecule has 73 heavy (non-hydrogen) atoms. The minimum atomic E-state index is -3.79. The van der Waals surface area contributed by atoms with Crippen LogP contribution in [-0.2, 0) is 29.5 Å². The van der Waals surface area contributed by atoms with Crippen LogP contribution < -0.4 is 0 Å². The Kier molecular flexibility index (Phi) is 23.7. The minimum absolute atomic E-state index is 0.153. The summed E-state index contributed by atoms with van der Waals surface area (Å²) < 4.78 is 78.5. The maximum absolute atomic E-state index is 13.1. The lowest BCUT2D eigenvalue weighted by Crippen LogP contribution is -2.26. The van der Waals surface area contributed by atoms with Gasteiger partial charge in [0.1, 0.15) is 15.7 Å². The molecule has 0 aliphatic carbocycles. The summed E-state index contributed by atoms with van der Waals surface area (Å²) in [5.41, 5.74) is 3.03. The summed E-state index contributed by atoms with van der Waals surface area (Å²) >= 11 is 5.90. The Morgan fingerprint density at radius 3 is 1.00 bits per heavy atom. The van der Waals surface area contributed by atoms with Gasteiger partial charge in [-0.3, -0.25) is 0 Å². The van der Waals surface area contributed by atoms with Gasteiger partial charge in [0.25, 0.3) is 0 Å². The summed E-state index contributed by atoms with van der Waals surface area (Å²) in [6, 6.07) is 46.5. The molecule has 0 saturated heterocycles. The second-order valence-corrected chi connectivity index (χ2v) is 23.7. The van der Waals surface area contributed by atoms with Crippen LogP contribution in [0, 0.1) is 55.3 Å². The van der Waals surface area contributed by atoms with Crippen LogP contribution in [0.25, 0.3) is 0 Å². The van der Waals surface area contributed by atoms with Crippen LogP contribution in [0.4, 0.5) is 0 Å². The Morgan fingerprint density at radius 2 is 0.726 bits per heavy atom. The second kappa shape index (κ2) is 29.3. The summed E-state index contributed by atoms with van der Waals surface area (Å²) in [6.07, 6.45) is 16.7. The van der Waals surface area contributed by atoms with Crippen molar-refractivity contribution in [2.75, 3.05) is 0 Å². The van der Waals surface area contributed by atoms with Crippen molar-refractivity contribution in [3.63, 3.8) is 0 Å². The Morgan fingerprint density at radius 1 is 0.452 bits per heavy atom. The highest BCUT2D eigenvalue weighted by Crippen LogP contribution is 2.37. The van der Waals surface area contributed by atoms with Crippen molar-refractivity contribution >= 4 is 41.1 Å². The molecule has 10 nitrogen and oxygen atoms in total. The molecule has 0 radical (unpaired) electrons. The topological polar surface area (TPSA) is 187 Å². The van der Waals surface area contributed by atoms with Crippen LogP contribution >= 0.6 is 11.6 Å². The van der Waals surface area contributed by atoms with E-state index in [0.717, 1.165) is 5.56 Å². The van der Waals surface area contributed by atoms with Gasteiger partial charge < -0.3 is 15.3 Å². The first-order chi connectivity index (χ1) is 34.9. The number of rotatable bonds is 21. The van der Waals surface area contributed by atoms with E-state index in [1.165, 1.54) is 24.3 Å². The van der Waals surface area contributed by atoms with E-state index >= 15 is 0 Å². The molecule has 0 aliphatic heterocycles. The lowest BCUT2D eigenvalue weighted by atomic mass is 10.0. The van der Waals surface area contributed by atoms with Crippen LogP contribution in [-0.4, -0.2) is 58.9 Å². The first kappa shape index (κ1) is 59.1. The van der Waals surface area contributed by atoms with Gasteiger partial charge in [-0.15, -0.1) is 37.0 Å². The summed E-state index contributed by atoms with van der Waals surface area (Å²) in [4.78, 5) is 0.549. The molecule has 0 bridgehead atoms. The average molecular weight is 1060 g/mol. The normalized spacial score (nSPS) is 13.7. The first-order valence-electron chi connectivity index (χ1n) is 23.5. The highest BCUT2D eigenvalue weighted by molar-refractivity contribution is 7.92. The number of hydrogen-bond donors (Lipinski definition) is 3. The fourth-order valence-electron chi connectivity index (χ4n) is 7.94. The monoisotopic (exact) mass is 1060 g/mol. The molecule has 6 unspecified atom stereocenters. The number of nitrogens with zero attached hydrogens (tertiary/aromatic N) is 1. The first-order valence-corrected chi connectivity index (χ1v) is 28.5. The minimum Gasteiger partial charge on any atom is -0.391 e. The van der Waals surface area contributed by atoms with E-state index in [0.29, 0.717) is 78.6 Å². The van der Waals surface area contributed by atoms with E-state index in [4.69, 9.17) is 36.1 Å². The van der Waals surface area contributed by atoms with E-state index in [1.807, 2.05) is 25.1 Å². The van der Waals surface area contributed by atoms with Gasteiger partial charge in [0, 0.05) is 24.3 Å². The summed E-state index contributed by atoms with van der Waals surface area (Å²) in [6.45, 7) is 1.94. The van der Waals surface area contributed by atoms with Crippen LogP contribution in [0.2, 0.25) is 5.02 Å². The molecular weight excluding hydrogens is 998 g/mol. The van der Waals surface area contributed by atoms with Crippen LogP contribution in [0.1, 0.15) is 101 Å². The third-order valence-corrected chi connectivity index (χ3v) is 18.5. The lowest BCUT2D eigenvalue weighted by Gasteiger charge is -2.24. The number of aliphatic hydroxyl groups excluding tert-OH is 3. The zero-order chi connectivity index (χ0) is 53.4. The fraction of sp³-hybridized carbons (Fsp3) is 0.271. The van der Waals surface area contributed by atoms with E-state index in [2.05, 4.69) is 17.8 Å². The zero-order valence-electron chi connectivity index (χ0n) is 40.5. The van der Waals surface area contributed by atoms with Gasteiger partial charge in [0.15, 0.2) is 29.5 Å². The van der Waals surface area contributed by atoms with Crippen molar-refractivity contribution in [3.05, 3.63) is 197 Å². The standard InChI is InChI=1S/C20H19NO3S.C20H22O3S.C19H19ClO3S/c1-2-3-5-10-19(22)20(17-13-11-16(15-21)12-14-17)25(23,24)18-8-6-4-7-9-18;1-3-4-6-11-19(21)20(17-14-12-16(2)13-15-17)24(22,23)18-9-7-5-8-10-18;1-2-3-5-10-18(21)19(15-11-13-16(20)14-12-15)24(22,23)17-8-6-4-7-9-17/h1,4,6-9,11-14,19-20,22H,3,5,10H2;1,5,7-10,12-15,19-21H,4,6,11H2,2H3;1,4,6-9,11-14,18-19,21H,3,5,10H2. The Balaban J connectivity index is 0.000000237. The number of unbranched alkanes of at least 4 members (excludes halogenated alkanes) is 3. The zero-order valence-corrected chi connectivity index (χ0v) is 43.7. The largest absolute Gasteiger partial charge is 0.391 e. The molecule has 0 aliphatic rings. The van der Waals surface area contributed by atoms with Crippen molar-refractivity contribution in [2.24, 2.45) is 0 Å². The van der Waals surface area contributed by atoms with Crippen LogP contribution in [0.15, 0.2) is 178 Å². The predicted octanol–water partition coefficient (Wildman–Crippen LogP) is 10.9. The summed E-state index contributed by atoms with van der Waals surface area (Å²) in [5.74, 6) is 7.51. The van der Waals surface area contributed by atoms with Crippen LogP contribution in [0.3, 0.4) is 0 Å². The highest BCUT2D eigenvalue weighted by atomic mass is 35.5. The molecule has 380 valence electrons.